The fourth-order valence-electron chi connectivity index (χ4n) is 4.27. The molecule has 0 aromatic heterocycles. The number of carbonyl (C=O) groups is 1. The number of hydrogen-bond acceptors (Lipinski definition) is 4. The van der Waals surface area contributed by atoms with E-state index in [4.69, 9.17) is 9.47 Å². The van der Waals surface area contributed by atoms with Crippen molar-refractivity contribution in [2.75, 3.05) is 20.8 Å². The second-order valence-corrected chi connectivity index (χ2v) is 7.77. The number of benzene rings is 2. The Morgan fingerprint density at radius 1 is 1.21 bits per heavy atom. The van der Waals surface area contributed by atoms with Gasteiger partial charge in [0.25, 0.3) is 0 Å². The molecule has 156 valence electrons. The van der Waals surface area contributed by atoms with Crippen molar-refractivity contribution in [2.24, 2.45) is 0 Å². The fourth-order valence-corrected chi connectivity index (χ4v) is 4.27. The Kier molecular flexibility index (Phi) is 6.80. The molecule has 1 amide bonds. The van der Waals surface area contributed by atoms with E-state index < -0.39 is 0 Å². The van der Waals surface area contributed by atoms with E-state index in [0.29, 0.717) is 6.42 Å². The SMILES string of the molecule is CCC(=O)N[C@@H](C)[C@H]1c2cc(OC)c(OC)cc2CCN1Cc1cccc(C)c1. The van der Waals surface area contributed by atoms with Crippen LogP contribution in [0.5, 0.6) is 11.5 Å². The molecule has 1 heterocycles. The summed E-state index contributed by atoms with van der Waals surface area (Å²) in [4.78, 5) is 14.6. The highest BCUT2D eigenvalue weighted by Crippen LogP contribution is 2.40. The zero-order valence-corrected chi connectivity index (χ0v) is 18.1. The van der Waals surface area contributed by atoms with Crippen LogP contribution in [-0.2, 0) is 17.8 Å². The maximum absolute atomic E-state index is 12.1. The molecule has 3 rings (SSSR count). The van der Waals surface area contributed by atoms with E-state index in [1.54, 1.807) is 14.2 Å². The highest BCUT2D eigenvalue weighted by atomic mass is 16.5. The van der Waals surface area contributed by atoms with Crippen molar-refractivity contribution < 1.29 is 14.3 Å². The number of hydrogen-bond donors (Lipinski definition) is 1. The van der Waals surface area contributed by atoms with Crippen LogP contribution < -0.4 is 14.8 Å². The van der Waals surface area contributed by atoms with Crippen LogP contribution in [0.4, 0.5) is 0 Å². The molecule has 2 atom stereocenters. The van der Waals surface area contributed by atoms with Gasteiger partial charge in [-0.25, -0.2) is 0 Å². The second-order valence-electron chi connectivity index (χ2n) is 7.77. The van der Waals surface area contributed by atoms with Gasteiger partial charge in [0.2, 0.25) is 5.91 Å². The predicted molar refractivity (Wildman–Crippen MR) is 115 cm³/mol. The van der Waals surface area contributed by atoms with Gasteiger partial charge in [0, 0.05) is 25.6 Å². The zero-order chi connectivity index (χ0) is 21.0. The third kappa shape index (κ3) is 4.73. The van der Waals surface area contributed by atoms with Gasteiger partial charge in [0.1, 0.15) is 0 Å². The van der Waals surface area contributed by atoms with Crippen LogP contribution >= 0.6 is 0 Å². The molecule has 29 heavy (non-hydrogen) atoms. The van der Waals surface area contributed by atoms with E-state index in [9.17, 15) is 4.79 Å². The lowest BCUT2D eigenvalue weighted by Gasteiger charge is -2.41. The van der Waals surface area contributed by atoms with Gasteiger partial charge in [0.05, 0.1) is 20.3 Å². The Hall–Kier alpha value is -2.53. The van der Waals surface area contributed by atoms with Crippen molar-refractivity contribution in [1.82, 2.24) is 10.2 Å². The summed E-state index contributed by atoms with van der Waals surface area (Å²) in [6, 6.07) is 12.8. The van der Waals surface area contributed by atoms with Crippen molar-refractivity contribution in [3.05, 3.63) is 58.7 Å². The molecule has 0 saturated carbocycles. The molecule has 0 bridgehead atoms. The fraction of sp³-hybridized carbons (Fsp3) is 0.458. The number of fused-ring (bicyclic) bond motifs is 1. The van der Waals surface area contributed by atoms with Gasteiger partial charge in [0.15, 0.2) is 11.5 Å². The first-order valence-electron chi connectivity index (χ1n) is 10.3. The van der Waals surface area contributed by atoms with Crippen LogP contribution in [0.2, 0.25) is 0 Å². The number of nitrogens with one attached hydrogen (secondary N) is 1. The highest BCUT2D eigenvalue weighted by molar-refractivity contribution is 5.76. The van der Waals surface area contributed by atoms with Crippen LogP contribution in [0.25, 0.3) is 0 Å². The third-order valence-electron chi connectivity index (χ3n) is 5.68. The summed E-state index contributed by atoms with van der Waals surface area (Å²) in [5.41, 5.74) is 5.00. The van der Waals surface area contributed by atoms with Crippen LogP contribution in [-0.4, -0.2) is 37.6 Å². The highest BCUT2D eigenvalue weighted by Gasteiger charge is 2.33. The molecule has 0 radical (unpaired) electrons. The first kappa shape index (κ1) is 21.2. The summed E-state index contributed by atoms with van der Waals surface area (Å²) in [5, 5.41) is 3.18. The molecular weight excluding hydrogens is 364 g/mol. The topological polar surface area (TPSA) is 50.8 Å². The van der Waals surface area contributed by atoms with Crippen LogP contribution in [0.3, 0.4) is 0 Å². The van der Waals surface area contributed by atoms with Crippen molar-refractivity contribution >= 4 is 5.91 Å². The van der Waals surface area contributed by atoms with Gasteiger partial charge in [-0.15, -0.1) is 0 Å². The number of aryl methyl sites for hydroxylation is 1. The lowest BCUT2D eigenvalue weighted by molar-refractivity contribution is -0.121. The number of carbonyl (C=O) groups excluding carboxylic acids is 1. The minimum absolute atomic E-state index is 0.0237. The normalized spacial score (nSPS) is 17.3. The Morgan fingerprint density at radius 3 is 2.59 bits per heavy atom. The molecule has 0 spiro atoms. The maximum Gasteiger partial charge on any atom is 0.219 e. The van der Waals surface area contributed by atoms with E-state index in [-0.39, 0.29) is 18.0 Å². The standard InChI is InChI=1S/C24H32N2O3/c1-6-23(27)25-17(3)24-20-14-22(29-5)21(28-4)13-19(20)10-11-26(24)15-18-9-7-8-16(2)12-18/h7-9,12-14,17,24H,6,10-11,15H2,1-5H3,(H,25,27)/t17-,24-/m0/s1. The van der Waals surface area contributed by atoms with Crippen molar-refractivity contribution in [2.45, 2.75) is 52.2 Å². The molecule has 0 unspecified atom stereocenters. The van der Waals surface area contributed by atoms with Crippen LogP contribution in [0, 0.1) is 6.92 Å². The molecule has 0 fully saturated rings. The molecule has 0 saturated heterocycles. The number of rotatable bonds is 7. The molecule has 1 aliphatic rings. The van der Waals surface area contributed by atoms with E-state index in [2.05, 4.69) is 60.5 Å². The first-order valence-corrected chi connectivity index (χ1v) is 10.3. The summed E-state index contributed by atoms with van der Waals surface area (Å²) in [6.45, 7) is 7.86. The van der Waals surface area contributed by atoms with E-state index in [0.717, 1.165) is 31.0 Å². The summed E-state index contributed by atoms with van der Waals surface area (Å²) < 4.78 is 11.1. The number of methoxy groups -OCH3 is 2. The van der Waals surface area contributed by atoms with E-state index in [1.807, 2.05) is 6.92 Å². The van der Waals surface area contributed by atoms with Gasteiger partial charge >= 0.3 is 0 Å². The van der Waals surface area contributed by atoms with Gasteiger partial charge in [-0.2, -0.15) is 0 Å². The average Bonchev–Trinajstić information content (AvgIpc) is 2.72. The van der Waals surface area contributed by atoms with Crippen molar-refractivity contribution in [3.63, 3.8) is 0 Å². The Morgan fingerprint density at radius 2 is 1.93 bits per heavy atom. The monoisotopic (exact) mass is 396 g/mol. The van der Waals surface area contributed by atoms with Gasteiger partial charge in [-0.1, -0.05) is 36.8 Å². The van der Waals surface area contributed by atoms with Gasteiger partial charge in [-0.05, 0) is 49.1 Å². The summed E-state index contributed by atoms with van der Waals surface area (Å²) >= 11 is 0. The first-order chi connectivity index (χ1) is 14.0. The van der Waals surface area contributed by atoms with E-state index in [1.165, 1.54) is 22.3 Å². The lowest BCUT2D eigenvalue weighted by Crippen LogP contribution is -2.47. The molecule has 2 aromatic rings. The van der Waals surface area contributed by atoms with Crippen molar-refractivity contribution in [1.29, 1.82) is 0 Å². The molecule has 1 aliphatic heterocycles. The summed E-state index contributed by atoms with van der Waals surface area (Å²) in [6.07, 6.45) is 1.42. The number of nitrogens with zero attached hydrogens (tertiary/aromatic N) is 1. The van der Waals surface area contributed by atoms with E-state index >= 15 is 0 Å². The Bertz CT molecular complexity index is 865. The van der Waals surface area contributed by atoms with Gasteiger partial charge in [-0.3, -0.25) is 9.69 Å². The van der Waals surface area contributed by atoms with Gasteiger partial charge < -0.3 is 14.8 Å². The van der Waals surface area contributed by atoms with Crippen molar-refractivity contribution in [3.8, 4) is 11.5 Å². The Balaban J connectivity index is 1.99. The van der Waals surface area contributed by atoms with Crippen LogP contribution in [0.15, 0.2) is 36.4 Å². The Labute approximate surface area is 174 Å². The van der Waals surface area contributed by atoms with Crippen LogP contribution in [0.1, 0.15) is 48.6 Å². The molecule has 0 aliphatic carbocycles. The largest absolute Gasteiger partial charge is 0.493 e. The minimum Gasteiger partial charge on any atom is -0.493 e. The zero-order valence-electron chi connectivity index (χ0n) is 18.1. The lowest BCUT2D eigenvalue weighted by atomic mass is 9.87. The molecule has 5 heteroatoms. The predicted octanol–water partition coefficient (Wildman–Crippen LogP) is 4.03. The quantitative estimate of drug-likeness (QED) is 0.768. The molecule has 1 N–H and O–H groups in total. The molecular formula is C24H32N2O3. The molecule has 2 aromatic carbocycles. The maximum atomic E-state index is 12.1. The second kappa shape index (κ2) is 9.31. The number of ether oxygens (including phenoxy) is 2. The summed E-state index contributed by atoms with van der Waals surface area (Å²) in [7, 11) is 3.33. The number of amides is 1. The minimum atomic E-state index is -0.0237. The average molecular weight is 397 g/mol. The summed E-state index contributed by atoms with van der Waals surface area (Å²) in [5.74, 6) is 1.55. The molecule has 5 nitrogen and oxygen atoms in total. The smallest absolute Gasteiger partial charge is 0.219 e. The third-order valence-corrected chi connectivity index (χ3v) is 5.68.